The number of benzene rings is 3. The van der Waals surface area contributed by atoms with E-state index in [-0.39, 0.29) is 30.7 Å². The van der Waals surface area contributed by atoms with Crippen LogP contribution in [0.15, 0.2) is 66.7 Å². The molecule has 0 aromatic heterocycles. The van der Waals surface area contributed by atoms with E-state index in [1.807, 2.05) is 18.2 Å². The highest BCUT2D eigenvalue weighted by atomic mass is 32.2. The molecule has 270 valence electrons. The maximum Gasteiger partial charge on any atom is 0.326 e. The molecule has 51 heavy (non-hydrogen) atoms. The number of aliphatic hydroxyl groups is 1. The number of hydrogen-bond acceptors (Lipinski definition) is 8. The predicted molar refractivity (Wildman–Crippen MR) is 189 cm³/mol. The van der Waals surface area contributed by atoms with Crippen molar-refractivity contribution in [1.82, 2.24) is 10.6 Å². The number of carboxylic acid groups (broad SMARTS) is 1. The second-order valence-corrected chi connectivity index (χ2v) is 14.4. The van der Waals surface area contributed by atoms with E-state index in [2.05, 4.69) is 10.6 Å². The average Bonchev–Trinajstić information content (AvgIpc) is 3.61. The molecule has 1 saturated carbocycles. The van der Waals surface area contributed by atoms with Crippen molar-refractivity contribution in [3.63, 3.8) is 0 Å². The highest BCUT2D eigenvalue weighted by Gasteiger charge is 2.49. The summed E-state index contributed by atoms with van der Waals surface area (Å²) in [5, 5.41) is 25.0. The number of thioether (sulfide) groups is 1. The fourth-order valence-electron chi connectivity index (χ4n) is 6.91. The number of nitrogens with one attached hydrogen (secondary N) is 2. The summed E-state index contributed by atoms with van der Waals surface area (Å²) in [6, 6.07) is 16.9. The average molecular weight is 720 g/mol. The number of fused-ring (bicyclic) bond motifs is 1. The highest BCUT2D eigenvalue weighted by Crippen LogP contribution is 2.46. The van der Waals surface area contributed by atoms with Crippen molar-refractivity contribution in [3.8, 4) is 11.5 Å². The Morgan fingerprint density at radius 3 is 2.47 bits per heavy atom. The van der Waals surface area contributed by atoms with Gasteiger partial charge in [0.25, 0.3) is 5.91 Å². The Labute approximate surface area is 299 Å². The minimum Gasteiger partial charge on any atom is -0.493 e. The van der Waals surface area contributed by atoms with Gasteiger partial charge in [0.05, 0.1) is 25.3 Å². The number of anilines is 1. The summed E-state index contributed by atoms with van der Waals surface area (Å²) in [7, 11) is 0. The van der Waals surface area contributed by atoms with Gasteiger partial charge in [-0.25, -0.2) is 9.18 Å². The van der Waals surface area contributed by atoms with Gasteiger partial charge in [-0.1, -0.05) is 50.3 Å². The second kappa shape index (κ2) is 16.6. The molecule has 1 saturated heterocycles. The topological polar surface area (TPSA) is 154 Å². The zero-order chi connectivity index (χ0) is 35.9. The second-order valence-electron chi connectivity index (χ2n) is 13.2. The molecule has 3 aliphatic rings. The molecule has 1 aliphatic carbocycles. The predicted octanol–water partition coefficient (Wildman–Crippen LogP) is 4.72. The van der Waals surface area contributed by atoms with Gasteiger partial charge in [-0.3, -0.25) is 14.4 Å². The molecule has 0 radical (unpaired) electrons. The van der Waals surface area contributed by atoms with Crippen LogP contribution in [0.1, 0.15) is 67.4 Å². The number of halogens is 1. The van der Waals surface area contributed by atoms with Gasteiger partial charge in [0, 0.05) is 17.9 Å². The van der Waals surface area contributed by atoms with Crippen LogP contribution < -0.4 is 25.0 Å². The molecule has 3 aromatic rings. The van der Waals surface area contributed by atoms with E-state index in [0.29, 0.717) is 24.5 Å². The molecule has 2 fully saturated rings. The third kappa shape index (κ3) is 9.01. The third-order valence-electron chi connectivity index (χ3n) is 9.65. The number of nitrogens with zero attached hydrogens (tertiary/aromatic N) is 1. The number of rotatable bonds is 15. The van der Waals surface area contributed by atoms with Gasteiger partial charge in [-0.05, 0) is 77.6 Å². The number of aliphatic hydroxyl groups excluding tert-OH is 1. The smallest absolute Gasteiger partial charge is 0.326 e. The molecule has 11 nitrogen and oxygen atoms in total. The largest absolute Gasteiger partial charge is 0.493 e. The molecule has 0 bridgehead atoms. The molecular formula is C38H42FN3O8S. The first-order valence-electron chi connectivity index (χ1n) is 17.3. The van der Waals surface area contributed by atoms with Crippen LogP contribution in [0, 0.1) is 11.7 Å². The zero-order valence-electron chi connectivity index (χ0n) is 28.1. The number of β-lactam (4-membered cyclic amide) rings is 1. The van der Waals surface area contributed by atoms with Crippen LogP contribution in [0.2, 0.25) is 0 Å². The summed E-state index contributed by atoms with van der Waals surface area (Å²) >= 11 is 1.36. The van der Waals surface area contributed by atoms with Gasteiger partial charge in [-0.15, -0.1) is 11.8 Å². The first-order valence-corrected chi connectivity index (χ1v) is 18.4. The van der Waals surface area contributed by atoms with Crippen LogP contribution in [-0.4, -0.2) is 70.7 Å². The Morgan fingerprint density at radius 2 is 1.75 bits per heavy atom. The Hall–Kier alpha value is -4.62. The standard InChI is InChI=1S/C38H42FN3O8S/c39-27-9-11-28(12-10-27)42-35(36(37(42)46)51-22-31(43)25-8-15-32-26(19-25)16-17-49-32)24-6-13-29(14-7-24)50-21-34(45)40-20-33(44)41-30(38(47)48)18-23-4-2-1-3-5-23/h6-15,19,23,30-31,35-36,43H,1-5,16-18,20-22H2,(H,40,45)(H,41,44)(H,47,48)/t30-,31?,35-,36-/m1/s1. The van der Waals surface area contributed by atoms with Gasteiger partial charge >= 0.3 is 5.97 Å². The van der Waals surface area contributed by atoms with Crippen molar-refractivity contribution < 1.29 is 43.3 Å². The summed E-state index contributed by atoms with van der Waals surface area (Å²) in [6.45, 7) is -0.126. The van der Waals surface area contributed by atoms with Gasteiger partial charge in [-0.2, -0.15) is 0 Å². The summed E-state index contributed by atoms with van der Waals surface area (Å²) in [6.07, 6.45) is 5.56. The number of hydrogen-bond donors (Lipinski definition) is 4. The van der Waals surface area contributed by atoms with E-state index in [4.69, 9.17) is 9.47 Å². The van der Waals surface area contributed by atoms with Crippen molar-refractivity contribution in [2.75, 3.05) is 30.4 Å². The molecule has 2 heterocycles. The quantitative estimate of drug-likeness (QED) is 0.164. The minimum absolute atomic E-state index is 0.157. The fraction of sp³-hybridized carbons (Fsp3) is 0.421. The number of carbonyl (C=O) groups excluding carboxylic acids is 3. The Kier molecular flexibility index (Phi) is 11.8. The fourth-order valence-corrected chi connectivity index (χ4v) is 8.21. The number of carboxylic acids is 1. The lowest BCUT2D eigenvalue weighted by atomic mass is 9.85. The van der Waals surface area contributed by atoms with Crippen LogP contribution in [0.25, 0.3) is 0 Å². The maximum atomic E-state index is 13.7. The van der Waals surface area contributed by atoms with E-state index >= 15 is 0 Å². The van der Waals surface area contributed by atoms with Crippen molar-refractivity contribution >= 4 is 41.1 Å². The molecular weight excluding hydrogens is 677 g/mol. The molecule has 2 aliphatic heterocycles. The molecule has 1 unspecified atom stereocenters. The third-order valence-corrected chi connectivity index (χ3v) is 11.0. The molecule has 3 aromatic carbocycles. The van der Waals surface area contributed by atoms with Crippen molar-refractivity contribution in [2.24, 2.45) is 5.92 Å². The molecule has 4 atom stereocenters. The summed E-state index contributed by atoms with van der Waals surface area (Å²) in [5.41, 5.74) is 3.15. The normalized spacial score (nSPS) is 19.6. The van der Waals surface area contributed by atoms with Gasteiger partial charge < -0.3 is 35.2 Å². The first-order chi connectivity index (χ1) is 24.7. The molecule has 0 spiro atoms. The van der Waals surface area contributed by atoms with Crippen LogP contribution in [0.5, 0.6) is 11.5 Å². The molecule has 4 N–H and O–H groups in total. The summed E-state index contributed by atoms with van der Waals surface area (Å²) < 4.78 is 24.9. The SMILES string of the molecule is O=C(COc1ccc([C@@H]2[C@@H](SCC(O)c3ccc4c(c3)CCO4)C(=O)N2c2ccc(F)cc2)cc1)NCC(=O)N[C@H](CC1CCCCC1)C(=O)O. The lowest BCUT2D eigenvalue weighted by molar-refractivity contribution is -0.142. The molecule has 3 amide bonds. The van der Waals surface area contributed by atoms with Crippen molar-refractivity contribution in [1.29, 1.82) is 0 Å². The van der Waals surface area contributed by atoms with Gasteiger partial charge in [0.15, 0.2) is 6.61 Å². The Balaban J connectivity index is 1.03. The van der Waals surface area contributed by atoms with E-state index in [1.54, 1.807) is 41.3 Å². The zero-order valence-corrected chi connectivity index (χ0v) is 28.9. The number of amides is 3. The number of aliphatic carboxylic acids is 1. The number of ether oxygens (including phenoxy) is 2. The lowest BCUT2D eigenvalue weighted by Gasteiger charge is -2.47. The minimum atomic E-state index is -1.09. The van der Waals surface area contributed by atoms with E-state index in [0.717, 1.165) is 61.0 Å². The van der Waals surface area contributed by atoms with Crippen LogP contribution >= 0.6 is 11.8 Å². The summed E-state index contributed by atoms with van der Waals surface area (Å²) in [5.74, 6) is -1.03. The Morgan fingerprint density at radius 1 is 1.00 bits per heavy atom. The van der Waals surface area contributed by atoms with Crippen LogP contribution in [0.4, 0.5) is 10.1 Å². The van der Waals surface area contributed by atoms with E-state index in [1.165, 1.54) is 23.9 Å². The van der Waals surface area contributed by atoms with Crippen molar-refractivity contribution in [3.05, 3.63) is 89.2 Å². The van der Waals surface area contributed by atoms with Gasteiger partial charge in [0.1, 0.15) is 28.6 Å². The van der Waals surface area contributed by atoms with Crippen LogP contribution in [-0.2, 0) is 25.6 Å². The van der Waals surface area contributed by atoms with Gasteiger partial charge in [0.2, 0.25) is 11.8 Å². The first kappa shape index (κ1) is 36.2. The Bertz CT molecular complexity index is 1720. The van der Waals surface area contributed by atoms with E-state index < -0.39 is 47.0 Å². The molecule has 6 rings (SSSR count). The van der Waals surface area contributed by atoms with Crippen LogP contribution in [0.3, 0.4) is 0 Å². The van der Waals surface area contributed by atoms with Crippen molar-refractivity contribution in [2.45, 2.75) is 68.4 Å². The maximum absolute atomic E-state index is 13.7. The number of carbonyl (C=O) groups is 4. The highest BCUT2D eigenvalue weighted by molar-refractivity contribution is 8.00. The van der Waals surface area contributed by atoms with E-state index in [9.17, 15) is 33.8 Å². The monoisotopic (exact) mass is 719 g/mol. The lowest BCUT2D eigenvalue weighted by Crippen LogP contribution is -2.57. The summed E-state index contributed by atoms with van der Waals surface area (Å²) in [4.78, 5) is 51.6. The molecule has 13 heteroatoms.